The summed E-state index contributed by atoms with van der Waals surface area (Å²) < 4.78 is 1.28. The van der Waals surface area contributed by atoms with E-state index in [1.807, 2.05) is 12.3 Å². The first-order valence-electron chi connectivity index (χ1n) is 6.90. The van der Waals surface area contributed by atoms with Crippen molar-refractivity contribution in [1.29, 1.82) is 0 Å². The van der Waals surface area contributed by atoms with Crippen LogP contribution in [0.1, 0.15) is 16.5 Å². The molecule has 2 aromatic carbocycles. The highest BCUT2D eigenvalue weighted by atomic mass is 32.1. The minimum absolute atomic E-state index is 0.103. The number of pyridine rings is 1. The summed E-state index contributed by atoms with van der Waals surface area (Å²) in [4.78, 5) is 5.60. The number of rotatable bonds is 2. The number of nitrogens with zero attached hydrogens (tertiary/aromatic N) is 1. The molecule has 4 rings (SSSR count). The molecule has 0 amide bonds. The smallest absolute Gasteiger partial charge is 0.0705 e. The zero-order valence-corrected chi connectivity index (χ0v) is 12.2. The topological polar surface area (TPSA) is 38.9 Å². The molecule has 0 aliphatic rings. The summed E-state index contributed by atoms with van der Waals surface area (Å²) in [6.07, 6.45) is 1.82. The van der Waals surface area contributed by atoms with E-state index in [0.717, 1.165) is 16.5 Å². The Balaban J connectivity index is 1.79. The third-order valence-electron chi connectivity index (χ3n) is 3.74. The quantitative estimate of drug-likeness (QED) is 0.590. The number of fused-ring (bicyclic) bond motifs is 2. The Morgan fingerprint density at radius 2 is 1.76 bits per heavy atom. The molecular formula is C18H14N2S. The van der Waals surface area contributed by atoms with Crippen LogP contribution in [-0.4, -0.2) is 4.98 Å². The normalized spacial score (nSPS) is 12.8. The largest absolute Gasteiger partial charge is 0.320 e. The first kappa shape index (κ1) is 12.5. The second-order valence-electron chi connectivity index (χ2n) is 5.12. The van der Waals surface area contributed by atoms with Crippen LogP contribution in [0, 0.1) is 0 Å². The van der Waals surface area contributed by atoms with Gasteiger partial charge in [0.05, 0.1) is 11.6 Å². The third-order valence-corrected chi connectivity index (χ3v) is 4.94. The highest BCUT2D eigenvalue weighted by molar-refractivity contribution is 7.19. The predicted octanol–water partition coefficient (Wildman–Crippen LogP) is 4.50. The van der Waals surface area contributed by atoms with E-state index in [0.29, 0.717) is 0 Å². The average molecular weight is 290 g/mol. The molecule has 102 valence electrons. The fourth-order valence-electron chi connectivity index (χ4n) is 2.60. The molecule has 2 nitrogen and oxygen atoms in total. The predicted molar refractivity (Wildman–Crippen MR) is 89.6 cm³/mol. The molecule has 0 radical (unpaired) electrons. The van der Waals surface area contributed by atoms with Gasteiger partial charge in [0, 0.05) is 21.2 Å². The number of thiophene rings is 1. The lowest BCUT2D eigenvalue weighted by atomic mass is 10.0. The Morgan fingerprint density at radius 3 is 2.67 bits per heavy atom. The molecule has 21 heavy (non-hydrogen) atoms. The van der Waals surface area contributed by atoms with E-state index in [1.165, 1.54) is 15.0 Å². The highest BCUT2D eigenvalue weighted by Crippen LogP contribution is 2.32. The van der Waals surface area contributed by atoms with Crippen LogP contribution in [0.25, 0.3) is 21.0 Å². The molecule has 4 aromatic rings. The molecule has 0 bridgehead atoms. The Bertz CT molecular complexity index is 893. The van der Waals surface area contributed by atoms with Crippen molar-refractivity contribution in [2.24, 2.45) is 5.73 Å². The van der Waals surface area contributed by atoms with Crippen LogP contribution >= 0.6 is 11.3 Å². The Morgan fingerprint density at radius 1 is 0.905 bits per heavy atom. The van der Waals surface area contributed by atoms with Crippen molar-refractivity contribution >= 4 is 32.3 Å². The number of hydrogen-bond donors (Lipinski definition) is 1. The monoisotopic (exact) mass is 290 g/mol. The van der Waals surface area contributed by atoms with Gasteiger partial charge in [-0.05, 0) is 35.2 Å². The first-order valence-corrected chi connectivity index (χ1v) is 7.72. The van der Waals surface area contributed by atoms with Crippen molar-refractivity contribution < 1.29 is 0 Å². The first-order chi connectivity index (χ1) is 10.3. The molecule has 1 unspecified atom stereocenters. The molecule has 1 atom stereocenters. The van der Waals surface area contributed by atoms with Gasteiger partial charge in [-0.2, -0.15) is 0 Å². The molecule has 0 fully saturated rings. The van der Waals surface area contributed by atoms with E-state index in [4.69, 9.17) is 5.73 Å². The summed E-state index contributed by atoms with van der Waals surface area (Å²) in [5, 5.41) is 2.40. The second-order valence-corrected chi connectivity index (χ2v) is 6.24. The van der Waals surface area contributed by atoms with Gasteiger partial charge < -0.3 is 5.73 Å². The zero-order valence-electron chi connectivity index (χ0n) is 11.4. The summed E-state index contributed by atoms with van der Waals surface area (Å²) >= 11 is 1.76. The van der Waals surface area contributed by atoms with E-state index in [2.05, 4.69) is 59.6 Å². The van der Waals surface area contributed by atoms with Crippen molar-refractivity contribution in [3.8, 4) is 0 Å². The van der Waals surface area contributed by atoms with E-state index in [-0.39, 0.29) is 6.04 Å². The maximum absolute atomic E-state index is 6.45. The zero-order chi connectivity index (χ0) is 14.2. The molecule has 0 saturated heterocycles. The molecular weight excluding hydrogens is 276 g/mol. The average Bonchev–Trinajstić information content (AvgIpc) is 2.97. The summed E-state index contributed by atoms with van der Waals surface area (Å²) in [7, 11) is 0. The number of benzene rings is 2. The lowest BCUT2D eigenvalue weighted by molar-refractivity contribution is 0.896. The summed E-state index contributed by atoms with van der Waals surface area (Å²) in [5.74, 6) is 0. The highest BCUT2D eigenvalue weighted by Gasteiger charge is 2.13. The molecule has 0 spiro atoms. The van der Waals surface area contributed by atoms with Gasteiger partial charge in [0.2, 0.25) is 0 Å². The Hall–Kier alpha value is -2.23. The summed E-state index contributed by atoms with van der Waals surface area (Å²) in [5.41, 5.74) is 8.55. The summed E-state index contributed by atoms with van der Waals surface area (Å²) in [6.45, 7) is 0. The molecule has 2 heterocycles. The van der Waals surface area contributed by atoms with Crippen molar-refractivity contribution in [3.05, 3.63) is 77.3 Å². The van der Waals surface area contributed by atoms with E-state index in [1.54, 1.807) is 11.3 Å². The van der Waals surface area contributed by atoms with Crippen molar-refractivity contribution in [3.63, 3.8) is 0 Å². The molecule has 0 aliphatic carbocycles. The number of nitrogens with two attached hydrogens (primary N) is 1. The maximum Gasteiger partial charge on any atom is 0.0705 e. The number of aromatic nitrogens is 1. The molecule has 0 saturated carbocycles. The molecule has 2 aromatic heterocycles. The van der Waals surface area contributed by atoms with Gasteiger partial charge in [0.1, 0.15) is 0 Å². The van der Waals surface area contributed by atoms with Crippen LogP contribution in [0.5, 0.6) is 0 Å². The standard InChI is InChI=1S/C18H14N2S/c19-18(17-11-13-4-1-2-6-16(13)21-17)14-8-7-12-5-3-9-20-15(12)10-14/h1-11,18H,19H2. The van der Waals surface area contributed by atoms with Crippen LogP contribution in [-0.2, 0) is 0 Å². The number of hydrogen-bond acceptors (Lipinski definition) is 3. The van der Waals surface area contributed by atoms with E-state index < -0.39 is 0 Å². The summed E-state index contributed by atoms with van der Waals surface area (Å²) in [6, 6.07) is 20.8. The maximum atomic E-state index is 6.45. The molecule has 0 aliphatic heterocycles. The van der Waals surface area contributed by atoms with Gasteiger partial charge in [-0.3, -0.25) is 4.98 Å². The van der Waals surface area contributed by atoms with Crippen LogP contribution in [0.4, 0.5) is 0 Å². The molecule has 2 N–H and O–H groups in total. The van der Waals surface area contributed by atoms with Gasteiger partial charge in [-0.1, -0.05) is 36.4 Å². The van der Waals surface area contributed by atoms with Crippen LogP contribution in [0.3, 0.4) is 0 Å². The van der Waals surface area contributed by atoms with E-state index >= 15 is 0 Å². The van der Waals surface area contributed by atoms with Crippen LogP contribution in [0.2, 0.25) is 0 Å². The lowest BCUT2D eigenvalue weighted by Crippen LogP contribution is -2.10. The van der Waals surface area contributed by atoms with Crippen LogP contribution in [0.15, 0.2) is 66.9 Å². The third kappa shape index (κ3) is 2.20. The second kappa shape index (κ2) is 4.95. The minimum Gasteiger partial charge on any atom is -0.320 e. The fraction of sp³-hybridized carbons (Fsp3) is 0.0556. The van der Waals surface area contributed by atoms with Crippen molar-refractivity contribution in [2.75, 3.05) is 0 Å². The fourth-order valence-corrected chi connectivity index (χ4v) is 3.69. The van der Waals surface area contributed by atoms with Crippen LogP contribution < -0.4 is 5.73 Å². The van der Waals surface area contributed by atoms with Gasteiger partial charge in [0.15, 0.2) is 0 Å². The SMILES string of the molecule is NC(c1ccc2cccnc2c1)c1cc2ccccc2s1. The lowest BCUT2D eigenvalue weighted by Gasteiger charge is -2.10. The van der Waals surface area contributed by atoms with Crippen molar-refractivity contribution in [1.82, 2.24) is 4.98 Å². The Kier molecular flexibility index (Phi) is 2.95. The van der Waals surface area contributed by atoms with Gasteiger partial charge in [-0.25, -0.2) is 0 Å². The van der Waals surface area contributed by atoms with Gasteiger partial charge in [-0.15, -0.1) is 11.3 Å². The van der Waals surface area contributed by atoms with Gasteiger partial charge in [0.25, 0.3) is 0 Å². The Labute approximate surface area is 126 Å². The molecule has 3 heteroatoms. The van der Waals surface area contributed by atoms with Crippen molar-refractivity contribution in [2.45, 2.75) is 6.04 Å². The minimum atomic E-state index is -0.103. The van der Waals surface area contributed by atoms with Gasteiger partial charge >= 0.3 is 0 Å². The van der Waals surface area contributed by atoms with E-state index in [9.17, 15) is 0 Å².